The maximum absolute atomic E-state index is 11.7. The van der Waals surface area contributed by atoms with Crippen molar-refractivity contribution in [2.75, 3.05) is 22.6 Å². The molecule has 106 valence electrons. The van der Waals surface area contributed by atoms with Crippen molar-refractivity contribution < 1.29 is 13.2 Å². The first-order chi connectivity index (χ1) is 8.93. The molecule has 1 heterocycles. The van der Waals surface area contributed by atoms with Gasteiger partial charge in [0.1, 0.15) is 11.6 Å². The molecule has 0 atom stereocenters. The molecular formula is C12H19N3O3S. The molecule has 3 N–H and O–H groups in total. The van der Waals surface area contributed by atoms with Gasteiger partial charge in [-0.1, -0.05) is 19.8 Å². The van der Waals surface area contributed by atoms with Gasteiger partial charge in [-0.15, -0.1) is 0 Å². The number of unbranched alkanes of at least 4 members (excludes halogenated alkanes) is 2. The van der Waals surface area contributed by atoms with Gasteiger partial charge >= 0.3 is 0 Å². The van der Waals surface area contributed by atoms with Gasteiger partial charge in [-0.05, 0) is 18.6 Å². The van der Waals surface area contributed by atoms with E-state index >= 15 is 0 Å². The molecule has 0 fully saturated rings. The van der Waals surface area contributed by atoms with E-state index in [2.05, 4.69) is 10.3 Å². The van der Waals surface area contributed by atoms with Gasteiger partial charge in [-0.3, -0.25) is 4.79 Å². The summed E-state index contributed by atoms with van der Waals surface area (Å²) in [6.07, 6.45) is 3.77. The summed E-state index contributed by atoms with van der Waals surface area (Å²) in [6.45, 7) is 1.99. The first-order valence-electron chi connectivity index (χ1n) is 6.15. The first kappa shape index (κ1) is 15.4. The third-order valence-corrected chi connectivity index (χ3v) is 4.09. The van der Waals surface area contributed by atoms with Crippen molar-refractivity contribution in [2.24, 2.45) is 0 Å². The smallest absolute Gasteiger partial charge is 0.239 e. The number of aromatic nitrogens is 1. The first-order valence-corrected chi connectivity index (χ1v) is 7.97. The molecule has 19 heavy (non-hydrogen) atoms. The highest BCUT2D eigenvalue weighted by Crippen LogP contribution is 2.07. The number of pyridine rings is 1. The van der Waals surface area contributed by atoms with Gasteiger partial charge in [-0.25, -0.2) is 13.4 Å². The molecule has 0 saturated heterocycles. The Morgan fingerprint density at radius 1 is 1.37 bits per heavy atom. The second kappa shape index (κ2) is 7.08. The number of carbonyl (C=O) groups is 1. The van der Waals surface area contributed by atoms with Crippen LogP contribution in [0.4, 0.5) is 11.5 Å². The van der Waals surface area contributed by atoms with Gasteiger partial charge in [0.25, 0.3) is 0 Å². The molecular weight excluding hydrogens is 266 g/mol. The molecule has 0 aromatic carbocycles. The number of sulfone groups is 1. The van der Waals surface area contributed by atoms with Crippen molar-refractivity contribution in [3.05, 3.63) is 18.3 Å². The number of hydrogen-bond acceptors (Lipinski definition) is 5. The topological polar surface area (TPSA) is 102 Å². The monoisotopic (exact) mass is 285 g/mol. The van der Waals surface area contributed by atoms with E-state index in [1.54, 1.807) is 6.07 Å². The molecule has 6 nitrogen and oxygen atoms in total. The van der Waals surface area contributed by atoms with Crippen molar-refractivity contribution >= 4 is 27.2 Å². The Balaban J connectivity index is 2.48. The number of nitrogens with one attached hydrogen (secondary N) is 1. The molecule has 0 spiro atoms. The minimum Gasteiger partial charge on any atom is -0.384 e. The van der Waals surface area contributed by atoms with E-state index in [4.69, 9.17) is 5.73 Å². The van der Waals surface area contributed by atoms with Gasteiger partial charge in [0.15, 0.2) is 9.84 Å². The fourth-order valence-corrected chi connectivity index (χ4v) is 2.78. The van der Waals surface area contributed by atoms with Gasteiger partial charge in [-0.2, -0.15) is 0 Å². The lowest BCUT2D eigenvalue weighted by atomic mass is 10.3. The molecule has 0 radical (unpaired) electrons. The minimum atomic E-state index is -3.34. The fraction of sp³-hybridized carbons (Fsp3) is 0.500. The highest BCUT2D eigenvalue weighted by molar-refractivity contribution is 7.92. The van der Waals surface area contributed by atoms with Crippen LogP contribution in [-0.4, -0.2) is 30.8 Å². The number of nitrogens with two attached hydrogens (primary N) is 1. The highest BCUT2D eigenvalue weighted by Gasteiger charge is 2.16. The third-order valence-electron chi connectivity index (χ3n) is 2.48. The fourth-order valence-electron chi connectivity index (χ4n) is 1.52. The number of anilines is 2. The van der Waals surface area contributed by atoms with E-state index in [-0.39, 0.29) is 5.75 Å². The Hall–Kier alpha value is -1.63. The van der Waals surface area contributed by atoms with Crippen molar-refractivity contribution in [2.45, 2.75) is 26.2 Å². The SMILES string of the molecule is CCCCCS(=O)(=O)CC(=O)Nc1ccc(N)nc1. The summed E-state index contributed by atoms with van der Waals surface area (Å²) in [5.74, 6) is -0.664. The van der Waals surface area contributed by atoms with Crippen molar-refractivity contribution in [1.29, 1.82) is 0 Å². The second-order valence-corrected chi connectivity index (χ2v) is 6.50. The molecule has 1 amide bonds. The molecule has 7 heteroatoms. The van der Waals surface area contributed by atoms with Crippen LogP contribution >= 0.6 is 0 Å². The molecule has 1 aromatic heterocycles. The summed E-state index contributed by atoms with van der Waals surface area (Å²) in [5, 5.41) is 2.48. The molecule has 0 bridgehead atoms. The highest BCUT2D eigenvalue weighted by atomic mass is 32.2. The average molecular weight is 285 g/mol. The van der Waals surface area contributed by atoms with E-state index in [1.165, 1.54) is 12.3 Å². The van der Waals surface area contributed by atoms with Crippen LogP contribution in [0, 0.1) is 0 Å². The molecule has 0 aliphatic rings. The number of nitrogens with zero attached hydrogens (tertiary/aromatic N) is 1. The zero-order chi connectivity index (χ0) is 14.3. The normalized spacial score (nSPS) is 11.2. The summed E-state index contributed by atoms with van der Waals surface area (Å²) >= 11 is 0. The standard InChI is InChI=1S/C12H19N3O3S/c1-2-3-4-7-19(17,18)9-12(16)15-10-5-6-11(13)14-8-10/h5-6,8H,2-4,7,9H2,1H3,(H2,13,14)(H,15,16). The molecule has 0 aliphatic heterocycles. The second-order valence-electron chi connectivity index (χ2n) is 4.32. The van der Waals surface area contributed by atoms with Gasteiger partial charge < -0.3 is 11.1 Å². The zero-order valence-corrected chi connectivity index (χ0v) is 11.7. The third kappa shape index (κ3) is 6.19. The number of hydrogen-bond donors (Lipinski definition) is 2. The summed E-state index contributed by atoms with van der Waals surface area (Å²) in [5.41, 5.74) is 5.84. The van der Waals surface area contributed by atoms with Gasteiger partial charge in [0.2, 0.25) is 5.91 Å². The number of amides is 1. The molecule has 1 rings (SSSR count). The maximum Gasteiger partial charge on any atom is 0.239 e. The van der Waals surface area contributed by atoms with Crippen molar-refractivity contribution in [3.8, 4) is 0 Å². The van der Waals surface area contributed by atoms with Gasteiger partial charge in [0.05, 0.1) is 17.6 Å². The number of rotatable bonds is 7. The lowest BCUT2D eigenvalue weighted by Crippen LogP contribution is -2.24. The molecule has 0 unspecified atom stereocenters. The predicted octanol–water partition coefficient (Wildman–Crippen LogP) is 1.21. The Morgan fingerprint density at radius 3 is 2.68 bits per heavy atom. The maximum atomic E-state index is 11.7. The van der Waals surface area contributed by atoms with Crippen molar-refractivity contribution in [1.82, 2.24) is 4.98 Å². The minimum absolute atomic E-state index is 0.0498. The molecule has 0 saturated carbocycles. The Kier molecular flexibility index (Phi) is 5.75. The zero-order valence-electron chi connectivity index (χ0n) is 10.9. The Morgan fingerprint density at radius 2 is 2.11 bits per heavy atom. The largest absolute Gasteiger partial charge is 0.384 e. The van der Waals surface area contributed by atoms with Crippen LogP contribution < -0.4 is 11.1 Å². The van der Waals surface area contributed by atoms with Gasteiger partial charge in [0, 0.05) is 0 Å². The summed E-state index contributed by atoms with van der Waals surface area (Å²) in [7, 11) is -3.34. The van der Waals surface area contributed by atoms with Crippen molar-refractivity contribution in [3.63, 3.8) is 0 Å². The lowest BCUT2D eigenvalue weighted by molar-refractivity contribution is -0.113. The van der Waals surface area contributed by atoms with E-state index < -0.39 is 21.5 Å². The lowest BCUT2D eigenvalue weighted by Gasteiger charge is -2.06. The predicted molar refractivity (Wildman–Crippen MR) is 75.5 cm³/mol. The summed E-state index contributed by atoms with van der Waals surface area (Å²) in [4.78, 5) is 15.4. The van der Waals surface area contributed by atoms with E-state index in [0.717, 1.165) is 12.8 Å². The van der Waals surface area contributed by atoms with Crippen LogP contribution in [0.3, 0.4) is 0 Å². The van der Waals surface area contributed by atoms with E-state index in [0.29, 0.717) is 17.9 Å². The Bertz CT molecular complexity index is 512. The summed E-state index contributed by atoms with van der Waals surface area (Å²) < 4.78 is 23.3. The number of carbonyl (C=O) groups excluding carboxylic acids is 1. The van der Waals surface area contributed by atoms with E-state index in [9.17, 15) is 13.2 Å². The Labute approximate surface area is 113 Å². The van der Waals surface area contributed by atoms with Crippen LogP contribution in [0.25, 0.3) is 0 Å². The van der Waals surface area contributed by atoms with Crippen LogP contribution in [-0.2, 0) is 14.6 Å². The average Bonchev–Trinajstić information content (AvgIpc) is 2.31. The van der Waals surface area contributed by atoms with E-state index in [1.807, 2.05) is 6.92 Å². The molecule has 1 aromatic rings. The van der Waals surface area contributed by atoms with Crippen LogP contribution in [0.5, 0.6) is 0 Å². The summed E-state index contributed by atoms with van der Waals surface area (Å²) in [6, 6.07) is 3.11. The van der Waals surface area contributed by atoms with Crippen LogP contribution in [0.15, 0.2) is 18.3 Å². The van der Waals surface area contributed by atoms with Crippen LogP contribution in [0.2, 0.25) is 0 Å². The molecule has 0 aliphatic carbocycles. The van der Waals surface area contributed by atoms with Crippen LogP contribution in [0.1, 0.15) is 26.2 Å². The quantitative estimate of drug-likeness (QED) is 0.733. The number of nitrogen functional groups attached to an aromatic ring is 1.